The summed E-state index contributed by atoms with van der Waals surface area (Å²) >= 11 is 0. The molecular weight excluding hydrogens is 302 g/mol. The third-order valence-corrected chi connectivity index (χ3v) is 4.50. The lowest BCUT2D eigenvalue weighted by molar-refractivity contribution is 0.0905. The van der Waals surface area contributed by atoms with Gasteiger partial charge in [0.05, 0.1) is 13.2 Å². The predicted molar refractivity (Wildman–Crippen MR) is 92.1 cm³/mol. The first-order chi connectivity index (χ1) is 11.7. The Morgan fingerprint density at radius 1 is 1.17 bits per heavy atom. The molecule has 2 aromatic carbocycles. The molecule has 0 radical (unpaired) electrons. The molecule has 1 amide bonds. The van der Waals surface area contributed by atoms with Gasteiger partial charge in [-0.2, -0.15) is 0 Å². The zero-order valence-electron chi connectivity index (χ0n) is 13.5. The number of methoxy groups -OCH3 is 1. The molecule has 4 heteroatoms. The molecule has 1 aromatic heterocycles. The first-order valence-electron chi connectivity index (χ1n) is 8.18. The van der Waals surface area contributed by atoms with E-state index in [1.54, 1.807) is 13.2 Å². The van der Waals surface area contributed by atoms with Gasteiger partial charge in [0.2, 0.25) is 0 Å². The predicted octanol–water partition coefficient (Wildman–Crippen LogP) is 4.32. The van der Waals surface area contributed by atoms with E-state index in [1.807, 2.05) is 48.5 Å². The van der Waals surface area contributed by atoms with E-state index in [9.17, 15) is 4.79 Å². The van der Waals surface area contributed by atoms with Gasteiger partial charge in [0.25, 0.3) is 5.91 Å². The Morgan fingerprint density at radius 3 is 2.58 bits per heavy atom. The van der Waals surface area contributed by atoms with Crippen molar-refractivity contribution in [2.75, 3.05) is 7.11 Å². The van der Waals surface area contributed by atoms with Crippen LogP contribution in [0.4, 0.5) is 0 Å². The fourth-order valence-corrected chi connectivity index (χ4v) is 3.02. The summed E-state index contributed by atoms with van der Waals surface area (Å²) in [7, 11) is 1.65. The van der Waals surface area contributed by atoms with Crippen LogP contribution < -0.4 is 10.1 Å². The van der Waals surface area contributed by atoms with E-state index in [1.165, 1.54) is 0 Å². The van der Waals surface area contributed by atoms with E-state index in [0.29, 0.717) is 11.7 Å². The highest BCUT2D eigenvalue weighted by Gasteiger charge is 2.34. The number of furan rings is 1. The van der Waals surface area contributed by atoms with Gasteiger partial charge in [-0.3, -0.25) is 4.79 Å². The van der Waals surface area contributed by atoms with E-state index >= 15 is 0 Å². The third-order valence-electron chi connectivity index (χ3n) is 4.50. The number of carbonyl (C=O) groups is 1. The van der Waals surface area contributed by atoms with E-state index in [4.69, 9.17) is 9.15 Å². The van der Waals surface area contributed by atoms with Crippen LogP contribution in [0.25, 0.3) is 11.0 Å². The minimum absolute atomic E-state index is 0.0108. The van der Waals surface area contributed by atoms with Crippen molar-refractivity contribution in [1.82, 2.24) is 5.32 Å². The molecule has 1 aliphatic rings. The minimum atomic E-state index is -0.168. The Hall–Kier alpha value is -2.75. The summed E-state index contributed by atoms with van der Waals surface area (Å²) < 4.78 is 10.9. The summed E-state index contributed by atoms with van der Waals surface area (Å²) in [5.74, 6) is 1.50. The minimum Gasteiger partial charge on any atom is -0.497 e. The Morgan fingerprint density at radius 2 is 1.92 bits per heavy atom. The maximum absolute atomic E-state index is 12.6. The average Bonchev–Trinajstić information content (AvgIpc) is 3.37. The number of fused-ring (bicyclic) bond motifs is 1. The van der Waals surface area contributed by atoms with Crippen molar-refractivity contribution in [2.24, 2.45) is 5.92 Å². The topological polar surface area (TPSA) is 51.5 Å². The summed E-state index contributed by atoms with van der Waals surface area (Å²) in [5, 5.41) is 4.08. The molecular formula is C20H19NO3. The largest absolute Gasteiger partial charge is 0.497 e. The standard InChI is InChI=1S/C20H19NO3/c1-23-16-10-8-14(9-11-16)19(13-6-7-13)21-20(22)18-12-15-4-2-3-5-17(15)24-18/h2-5,8-13,19H,6-7H2,1H3,(H,21,22). The molecule has 4 nitrogen and oxygen atoms in total. The first-order valence-corrected chi connectivity index (χ1v) is 8.18. The summed E-state index contributed by atoms with van der Waals surface area (Å²) in [5.41, 5.74) is 1.83. The van der Waals surface area contributed by atoms with Crippen LogP contribution in [0.3, 0.4) is 0 Å². The monoisotopic (exact) mass is 321 g/mol. The van der Waals surface area contributed by atoms with Crippen molar-refractivity contribution in [2.45, 2.75) is 18.9 Å². The normalized spacial score (nSPS) is 15.2. The van der Waals surface area contributed by atoms with Crippen molar-refractivity contribution < 1.29 is 13.9 Å². The van der Waals surface area contributed by atoms with Crippen LogP contribution in [-0.2, 0) is 0 Å². The molecule has 0 saturated heterocycles. The second-order valence-corrected chi connectivity index (χ2v) is 6.21. The maximum Gasteiger partial charge on any atom is 0.287 e. The molecule has 1 aliphatic carbocycles. The van der Waals surface area contributed by atoms with Gasteiger partial charge in [0.1, 0.15) is 11.3 Å². The zero-order valence-corrected chi connectivity index (χ0v) is 13.5. The number of benzene rings is 2. The number of nitrogens with one attached hydrogen (secondary N) is 1. The quantitative estimate of drug-likeness (QED) is 0.761. The van der Waals surface area contributed by atoms with Crippen molar-refractivity contribution in [3.05, 3.63) is 65.9 Å². The van der Waals surface area contributed by atoms with E-state index in [-0.39, 0.29) is 11.9 Å². The molecule has 0 bridgehead atoms. The fraction of sp³-hybridized carbons (Fsp3) is 0.250. The molecule has 1 N–H and O–H groups in total. The molecule has 1 heterocycles. The van der Waals surface area contributed by atoms with E-state index < -0.39 is 0 Å². The highest BCUT2D eigenvalue weighted by molar-refractivity contribution is 5.96. The Bertz CT molecular complexity index is 829. The Kier molecular flexibility index (Phi) is 3.73. The molecule has 4 rings (SSSR count). The summed E-state index contributed by atoms with van der Waals surface area (Å²) in [6, 6.07) is 17.3. The molecule has 24 heavy (non-hydrogen) atoms. The smallest absolute Gasteiger partial charge is 0.287 e. The number of ether oxygens (including phenoxy) is 1. The number of amides is 1. The van der Waals surface area contributed by atoms with Crippen LogP contribution in [0.1, 0.15) is 35.0 Å². The number of hydrogen-bond donors (Lipinski definition) is 1. The SMILES string of the molecule is COc1ccc(C(NC(=O)c2cc3ccccc3o2)C2CC2)cc1. The lowest BCUT2D eigenvalue weighted by atomic mass is 10.0. The van der Waals surface area contributed by atoms with Gasteiger partial charge in [0, 0.05) is 5.39 Å². The van der Waals surface area contributed by atoms with Crippen molar-refractivity contribution in [1.29, 1.82) is 0 Å². The zero-order chi connectivity index (χ0) is 16.5. The first kappa shape index (κ1) is 14.8. The highest BCUT2D eigenvalue weighted by Crippen LogP contribution is 2.41. The van der Waals surface area contributed by atoms with Crippen molar-refractivity contribution in [3.63, 3.8) is 0 Å². The highest BCUT2D eigenvalue weighted by atomic mass is 16.5. The summed E-state index contributed by atoms with van der Waals surface area (Å²) in [4.78, 5) is 12.6. The number of hydrogen-bond acceptors (Lipinski definition) is 3. The van der Waals surface area contributed by atoms with Crippen LogP contribution in [0.2, 0.25) is 0 Å². The lowest BCUT2D eigenvalue weighted by Crippen LogP contribution is -2.29. The maximum atomic E-state index is 12.6. The summed E-state index contributed by atoms with van der Waals surface area (Å²) in [6.45, 7) is 0. The molecule has 1 saturated carbocycles. The van der Waals surface area contributed by atoms with Gasteiger partial charge >= 0.3 is 0 Å². The molecule has 1 fully saturated rings. The molecule has 0 spiro atoms. The van der Waals surface area contributed by atoms with E-state index in [0.717, 1.165) is 35.1 Å². The van der Waals surface area contributed by atoms with Gasteiger partial charge in [-0.25, -0.2) is 0 Å². The second-order valence-electron chi connectivity index (χ2n) is 6.21. The van der Waals surface area contributed by atoms with Crippen LogP contribution in [0, 0.1) is 5.92 Å². The lowest BCUT2D eigenvalue weighted by Gasteiger charge is -2.18. The van der Waals surface area contributed by atoms with Crippen LogP contribution in [0.5, 0.6) is 5.75 Å². The third kappa shape index (κ3) is 2.87. The Balaban J connectivity index is 1.56. The molecule has 1 unspecified atom stereocenters. The Labute approximate surface area is 140 Å². The van der Waals surface area contributed by atoms with Crippen LogP contribution in [-0.4, -0.2) is 13.0 Å². The molecule has 0 aliphatic heterocycles. The van der Waals surface area contributed by atoms with Crippen LogP contribution in [0.15, 0.2) is 59.0 Å². The van der Waals surface area contributed by atoms with Gasteiger partial charge in [-0.05, 0) is 48.6 Å². The molecule has 1 atom stereocenters. The van der Waals surface area contributed by atoms with Gasteiger partial charge in [0.15, 0.2) is 5.76 Å². The summed E-state index contributed by atoms with van der Waals surface area (Å²) in [6.07, 6.45) is 2.27. The number of carbonyl (C=O) groups excluding carboxylic acids is 1. The molecule has 122 valence electrons. The van der Waals surface area contributed by atoms with Gasteiger partial charge in [-0.15, -0.1) is 0 Å². The van der Waals surface area contributed by atoms with Crippen molar-refractivity contribution in [3.8, 4) is 5.75 Å². The average molecular weight is 321 g/mol. The molecule has 3 aromatic rings. The van der Waals surface area contributed by atoms with Gasteiger partial charge < -0.3 is 14.5 Å². The van der Waals surface area contributed by atoms with Crippen molar-refractivity contribution >= 4 is 16.9 Å². The number of para-hydroxylation sites is 1. The second kappa shape index (κ2) is 6.04. The number of rotatable bonds is 5. The van der Waals surface area contributed by atoms with Gasteiger partial charge in [-0.1, -0.05) is 30.3 Å². The fourth-order valence-electron chi connectivity index (χ4n) is 3.02. The van der Waals surface area contributed by atoms with E-state index in [2.05, 4.69) is 5.32 Å². The van der Waals surface area contributed by atoms with Crippen LogP contribution >= 0.6 is 0 Å².